The molecule has 212 valence electrons. The number of nitrogens with zero attached hydrogens (tertiary/aromatic N) is 3. The Bertz CT molecular complexity index is 963. The lowest BCUT2D eigenvalue weighted by Gasteiger charge is -2.33. The van der Waals surface area contributed by atoms with Crippen LogP contribution in [0.5, 0.6) is 0 Å². The third-order valence-electron chi connectivity index (χ3n) is 6.58. The molecular weight excluding hydrogens is 493 g/mol. The molecule has 1 amide bonds. The van der Waals surface area contributed by atoms with Crippen LogP contribution in [0.3, 0.4) is 0 Å². The Morgan fingerprint density at radius 2 is 2.05 bits per heavy atom. The monoisotopic (exact) mass is 536 g/mol. The van der Waals surface area contributed by atoms with Gasteiger partial charge in [-0.3, -0.25) is 10.2 Å². The molecule has 2 heterocycles. The van der Waals surface area contributed by atoms with E-state index in [1.807, 2.05) is 24.8 Å². The zero-order chi connectivity index (χ0) is 28.3. The van der Waals surface area contributed by atoms with Gasteiger partial charge in [-0.2, -0.15) is 18.3 Å². The molecule has 0 aromatic heterocycles. The van der Waals surface area contributed by atoms with Crippen LogP contribution in [-0.4, -0.2) is 67.0 Å². The van der Waals surface area contributed by atoms with Crippen molar-refractivity contribution in [3.8, 4) is 0 Å². The van der Waals surface area contributed by atoms with Crippen molar-refractivity contribution in [1.29, 1.82) is 0 Å². The lowest BCUT2D eigenvalue weighted by molar-refractivity contribution is -0.132. The Morgan fingerprint density at radius 3 is 2.66 bits per heavy atom. The highest BCUT2D eigenvalue weighted by atomic mass is 19.4. The molecule has 0 fully saturated rings. The van der Waals surface area contributed by atoms with E-state index >= 15 is 0 Å². The molecule has 1 unspecified atom stereocenters. The number of hydrogen-bond donors (Lipinski definition) is 1. The average molecular weight is 537 g/mol. The molecule has 0 aromatic carbocycles. The molecule has 0 spiro atoms. The second-order valence-electron chi connectivity index (χ2n) is 10.0. The quantitative estimate of drug-likeness (QED) is 0.202. The number of nitrogens with one attached hydrogen (secondary N) is 1. The number of carbonyl (C=O) groups is 1. The number of halogens is 3. The summed E-state index contributed by atoms with van der Waals surface area (Å²) in [6, 6.07) is -0.424. The summed E-state index contributed by atoms with van der Waals surface area (Å²) < 4.78 is 48.1. The van der Waals surface area contributed by atoms with E-state index in [0.29, 0.717) is 18.9 Å². The minimum atomic E-state index is -4.60. The Hall–Kier alpha value is -2.81. The topological polar surface area (TPSA) is 57.2 Å². The van der Waals surface area contributed by atoms with Gasteiger partial charge < -0.3 is 14.5 Å². The van der Waals surface area contributed by atoms with E-state index in [9.17, 15) is 18.0 Å². The van der Waals surface area contributed by atoms with Gasteiger partial charge in [-0.25, -0.2) is 0 Å². The largest absolute Gasteiger partial charge is 0.420 e. The molecule has 0 radical (unpaired) electrons. The molecule has 1 N–H and O–H groups in total. The van der Waals surface area contributed by atoms with E-state index in [1.165, 1.54) is 6.21 Å². The summed E-state index contributed by atoms with van der Waals surface area (Å²) >= 11 is 0. The van der Waals surface area contributed by atoms with Crippen LogP contribution in [0.2, 0.25) is 0 Å². The van der Waals surface area contributed by atoms with Gasteiger partial charge in [-0.1, -0.05) is 65.5 Å². The van der Waals surface area contributed by atoms with Crippen molar-refractivity contribution in [3.63, 3.8) is 0 Å². The van der Waals surface area contributed by atoms with Gasteiger partial charge in [-0.05, 0) is 36.3 Å². The molecule has 9 heteroatoms. The van der Waals surface area contributed by atoms with Gasteiger partial charge >= 0.3 is 6.18 Å². The molecule has 6 nitrogen and oxygen atoms in total. The van der Waals surface area contributed by atoms with Gasteiger partial charge in [0.05, 0.1) is 43.3 Å². The number of hydrogen-bond acceptors (Lipinski definition) is 5. The first-order valence-electron chi connectivity index (χ1n) is 13.5. The van der Waals surface area contributed by atoms with Gasteiger partial charge in [0.25, 0.3) is 0 Å². The van der Waals surface area contributed by atoms with Gasteiger partial charge in [-0.15, -0.1) is 0 Å². The molecule has 0 aromatic rings. The molecule has 2 rings (SSSR count). The van der Waals surface area contributed by atoms with Crippen molar-refractivity contribution >= 4 is 12.1 Å². The van der Waals surface area contributed by atoms with E-state index < -0.39 is 17.8 Å². The fourth-order valence-corrected chi connectivity index (χ4v) is 4.72. The summed E-state index contributed by atoms with van der Waals surface area (Å²) in [5.41, 5.74) is 3.14. The Kier molecular flexibility index (Phi) is 12.4. The lowest BCUT2D eigenvalue weighted by Crippen LogP contribution is -2.40. The van der Waals surface area contributed by atoms with Crippen LogP contribution in [0.4, 0.5) is 13.2 Å². The number of carbonyl (C=O) groups excluding carboxylic acids is 1. The number of ether oxygens (including phenoxy) is 1. The third kappa shape index (κ3) is 8.61. The lowest BCUT2D eigenvalue weighted by atomic mass is 9.99. The number of allylic oxidation sites excluding steroid dienone is 4. The fourth-order valence-electron chi connectivity index (χ4n) is 4.72. The SMILES string of the molecule is C=C/C=C\C1=C(CCC)C(COCCC(=O)N(CCC)CCC(C)C)N(C2=C(C(F)(F)F)C(=C)NN=C2)C1. The van der Waals surface area contributed by atoms with E-state index in [-0.39, 0.29) is 43.5 Å². The van der Waals surface area contributed by atoms with Crippen LogP contribution in [-0.2, 0) is 9.53 Å². The summed E-state index contributed by atoms with van der Waals surface area (Å²) in [6.07, 6.45) is 5.53. The standard InChI is InChI=1S/C29H43F3N4O2/c1-7-10-12-23-19-36(25-18-33-34-22(6)28(25)29(30,31)32)26(24(23)11-8-2)20-38-17-14-27(37)35(15-9-3)16-13-21(4)5/h7,10,12,18,21,26,34H,1,6,8-9,11,13-17,19-20H2,2-5H3/b12-10-. The molecule has 1 atom stereocenters. The van der Waals surface area contributed by atoms with Crippen LogP contribution >= 0.6 is 0 Å². The van der Waals surface area contributed by atoms with Gasteiger partial charge in [0, 0.05) is 19.6 Å². The molecule has 2 aliphatic heterocycles. The maximum absolute atomic E-state index is 14.1. The van der Waals surface area contributed by atoms with Crippen LogP contribution < -0.4 is 5.43 Å². The summed E-state index contributed by atoms with van der Waals surface area (Å²) in [4.78, 5) is 16.4. The Morgan fingerprint density at radius 1 is 1.32 bits per heavy atom. The Labute approximate surface area is 225 Å². The summed E-state index contributed by atoms with van der Waals surface area (Å²) in [6.45, 7) is 17.7. The zero-order valence-corrected chi connectivity index (χ0v) is 23.2. The molecular formula is C29H43F3N4O2. The minimum absolute atomic E-state index is 0.0376. The first-order chi connectivity index (χ1) is 18.0. The van der Waals surface area contributed by atoms with Crippen molar-refractivity contribution < 1.29 is 22.7 Å². The zero-order valence-electron chi connectivity index (χ0n) is 23.2. The molecule has 0 bridgehead atoms. The normalized spacial score (nSPS) is 18.3. The minimum Gasteiger partial charge on any atom is -0.378 e. The highest BCUT2D eigenvalue weighted by Crippen LogP contribution is 2.39. The van der Waals surface area contributed by atoms with Gasteiger partial charge in [0.2, 0.25) is 5.91 Å². The predicted octanol–water partition coefficient (Wildman–Crippen LogP) is 6.12. The number of alkyl halides is 3. The summed E-state index contributed by atoms with van der Waals surface area (Å²) in [5.74, 6) is 0.545. The van der Waals surface area contributed by atoms with Gasteiger partial charge in [0.15, 0.2) is 0 Å². The van der Waals surface area contributed by atoms with Crippen molar-refractivity contribution in [3.05, 3.63) is 59.5 Å². The van der Waals surface area contributed by atoms with Crippen molar-refractivity contribution in [2.75, 3.05) is 32.8 Å². The second kappa shape index (κ2) is 15.0. The number of amides is 1. The molecule has 2 aliphatic rings. The van der Waals surface area contributed by atoms with E-state index in [1.54, 1.807) is 17.1 Å². The third-order valence-corrected chi connectivity index (χ3v) is 6.58. The van der Waals surface area contributed by atoms with Crippen LogP contribution in [0.1, 0.15) is 59.8 Å². The molecule has 38 heavy (non-hydrogen) atoms. The van der Waals surface area contributed by atoms with Crippen molar-refractivity contribution in [1.82, 2.24) is 15.2 Å². The first-order valence-corrected chi connectivity index (χ1v) is 13.5. The molecule has 0 saturated carbocycles. The maximum atomic E-state index is 14.1. The summed E-state index contributed by atoms with van der Waals surface area (Å²) in [5, 5.41) is 3.91. The predicted molar refractivity (Wildman–Crippen MR) is 147 cm³/mol. The van der Waals surface area contributed by atoms with E-state index in [0.717, 1.165) is 37.0 Å². The fraction of sp³-hybridized carbons (Fsp3) is 0.586. The number of rotatable bonds is 15. The molecule has 0 saturated heterocycles. The smallest absolute Gasteiger partial charge is 0.378 e. The van der Waals surface area contributed by atoms with Gasteiger partial charge in [0.1, 0.15) is 5.57 Å². The van der Waals surface area contributed by atoms with E-state index in [2.05, 4.69) is 37.5 Å². The second-order valence-corrected chi connectivity index (χ2v) is 10.0. The van der Waals surface area contributed by atoms with Crippen molar-refractivity contribution in [2.45, 2.75) is 72.0 Å². The molecule has 0 aliphatic carbocycles. The highest BCUT2D eigenvalue weighted by Gasteiger charge is 2.43. The highest BCUT2D eigenvalue weighted by molar-refractivity contribution is 5.82. The first kappa shape index (κ1) is 31.4. The Balaban J connectivity index is 2.26. The van der Waals surface area contributed by atoms with Crippen LogP contribution in [0, 0.1) is 5.92 Å². The maximum Gasteiger partial charge on any atom is 0.420 e. The number of hydrazone groups is 1. The average Bonchev–Trinajstić information content (AvgIpc) is 3.19. The van der Waals surface area contributed by atoms with Crippen LogP contribution in [0.25, 0.3) is 0 Å². The van der Waals surface area contributed by atoms with E-state index in [4.69, 9.17) is 4.74 Å². The van der Waals surface area contributed by atoms with Crippen molar-refractivity contribution in [2.24, 2.45) is 11.0 Å². The van der Waals surface area contributed by atoms with Crippen LogP contribution in [0.15, 0.2) is 64.6 Å². The summed E-state index contributed by atoms with van der Waals surface area (Å²) in [7, 11) is 0.